The zero-order chi connectivity index (χ0) is 16.5. The fraction of sp³-hybridized carbons (Fsp3) is 0.158. The minimum atomic E-state index is 0.610. The lowest BCUT2D eigenvalue weighted by Gasteiger charge is -2.18. The van der Waals surface area contributed by atoms with Crippen molar-refractivity contribution in [3.05, 3.63) is 70.3 Å². The van der Waals surface area contributed by atoms with E-state index in [9.17, 15) is 0 Å². The Balaban J connectivity index is 1.61. The molecule has 2 heterocycles. The van der Waals surface area contributed by atoms with Crippen molar-refractivity contribution in [3.63, 3.8) is 0 Å². The van der Waals surface area contributed by atoms with Crippen molar-refractivity contribution in [1.82, 2.24) is 9.97 Å². The number of nitrogens with one attached hydrogen (secondary N) is 1. The van der Waals surface area contributed by atoms with Gasteiger partial charge in [0.1, 0.15) is 5.82 Å². The molecule has 0 radical (unpaired) electrons. The summed E-state index contributed by atoms with van der Waals surface area (Å²) in [6.45, 7) is 3.01. The lowest BCUT2D eigenvalue weighted by Crippen LogP contribution is -2.15. The predicted octanol–water partition coefficient (Wildman–Crippen LogP) is 4.99. The van der Waals surface area contributed by atoms with Crippen LogP contribution in [0.4, 0.5) is 23.1 Å². The molecule has 5 heteroatoms. The third-order valence-electron chi connectivity index (χ3n) is 4.22. The Hall–Kier alpha value is -2.40. The van der Waals surface area contributed by atoms with Crippen molar-refractivity contribution in [2.45, 2.75) is 13.3 Å². The van der Waals surface area contributed by atoms with Gasteiger partial charge in [-0.1, -0.05) is 34.1 Å². The first-order valence-corrected chi connectivity index (χ1v) is 8.72. The Bertz CT molecular complexity index is 894. The van der Waals surface area contributed by atoms with Crippen molar-refractivity contribution in [2.24, 2.45) is 0 Å². The van der Waals surface area contributed by atoms with Gasteiger partial charge in [0.05, 0.1) is 0 Å². The van der Waals surface area contributed by atoms with Crippen LogP contribution in [0.5, 0.6) is 0 Å². The third kappa shape index (κ3) is 2.87. The van der Waals surface area contributed by atoms with Gasteiger partial charge in [-0.2, -0.15) is 4.98 Å². The number of anilines is 4. The highest BCUT2D eigenvalue weighted by molar-refractivity contribution is 9.10. The topological polar surface area (TPSA) is 41.1 Å². The van der Waals surface area contributed by atoms with Gasteiger partial charge in [-0.15, -0.1) is 0 Å². The summed E-state index contributed by atoms with van der Waals surface area (Å²) in [7, 11) is 0. The van der Waals surface area contributed by atoms with Crippen LogP contribution in [0, 0.1) is 6.92 Å². The Labute approximate surface area is 149 Å². The van der Waals surface area contributed by atoms with Crippen molar-refractivity contribution in [3.8, 4) is 0 Å². The molecule has 24 heavy (non-hydrogen) atoms. The molecule has 0 unspecified atom stereocenters. The number of rotatable bonds is 3. The van der Waals surface area contributed by atoms with Gasteiger partial charge < -0.3 is 10.2 Å². The number of aryl methyl sites for hydroxylation is 1. The van der Waals surface area contributed by atoms with E-state index in [4.69, 9.17) is 4.98 Å². The number of hydrogen-bond donors (Lipinski definition) is 1. The summed E-state index contributed by atoms with van der Waals surface area (Å²) in [4.78, 5) is 11.3. The van der Waals surface area contributed by atoms with E-state index >= 15 is 0 Å². The lowest BCUT2D eigenvalue weighted by molar-refractivity contribution is 0.966. The molecule has 4 nitrogen and oxygen atoms in total. The maximum atomic E-state index is 4.69. The molecule has 0 spiro atoms. The van der Waals surface area contributed by atoms with Crippen LogP contribution in [-0.2, 0) is 6.42 Å². The van der Waals surface area contributed by atoms with E-state index in [-0.39, 0.29) is 0 Å². The van der Waals surface area contributed by atoms with Crippen LogP contribution in [0.25, 0.3) is 0 Å². The minimum Gasteiger partial charge on any atom is -0.326 e. The third-order valence-corrected chi connectivity index (χ3v) is 5.11. The zero-order valence-electron chi connectivity index (χ0n) is 13.3. The standard InChI is InChI=1S/C19H17BrN4/c1-13-12-15(6-7-16(13)20)22-19-21-10-8-18(23-19)24-11-9-14-4-2-3-5-17(14)24/h2-8,10,12H,9,11H2,1H3,(H,21,22,23). The van der Waals surface area contributed by atoms with Gasteiger partial charge in [0.25, 0.3) is 0 Å². The molecule has 120 valence electrons. The van der Waals surface area contributed by atoms with Gasteiger partial charge in [-0.3, -0.25) is 0 Å². The maximum Gasteiger partial charge on any atom is 0.229 e. The van der Waals surface area contributed by atoms with Gasteiger partial charge >= 0.3 is 0 Å². The van der Waals surface area contributed by atoms with Gasteiger partial charge in [0, 0.05) is 28.6 Å². The number of hydrogen-bond acceptors (Lipinski definition) is 4. The van der Waals surface area contributed by atoms with Gasteiger partial charge in [0.15, 0.2) is 0 Å². The first-order valence-electron chi connectivity index (χ1n) is 7.92. The number of para-hydroxylation sites is 1. The number of fused-ring (bicyclic) bond motifs is 1. The van der Waals surface area contributed by atoms with E-state index in [0.29, 0.717) is 5.95 Å². The molecule has 1 aromatic heterocycles. The quantitative estimate of drug-likeness (QED) is 0.694. The van der Waals surface area contributed by atoms with Crippen LogP contribution in [0.1, 0.15) is 11.1 Å². The average Bonchev–Trinajstić information content (AvgIpc) is 3.03. The van der Waals surface area contributed by atoms with E-state index in [1.807, 2.05) is 18.2 Å². The highest BCUT2D eigenvalue weighted by Gasteiger charge is 2.21. The summed E-state index contributed by atoms with van der Waals surface area (Å²) in [6, 6.07) is 16.6. The monoisotopic (exact) mass is 380 g/mol. The molecule has 0 fully saturated rings. The van der Waals surface area contributed by atoms with Crippen molar-refractivity contribution in [1.29, 1.82) is 0 Å². The van der Waals surface area contributed by atoms with Gasteiger partial charge in [-0.25, -0.2) is 4.98 Å². The van der Waals surface area contributed by atoms with Crippen molar-refractivity contribution in [2.75, 3.05) is 16.8 Å². The van der Waals surface area contributed by atoms with Crippen LogP contribution in [0.15, 0.2) is 59.2 Å². The summed E-state index contributed by atoms with van der Waals surface area (Å²) >= 11 is 3.52. The molecule has 0 aliphatic carbocycles. The predicted molar refractivity (Wildman–Crippen MR) is 101 cm³/mol. The molecule has 0 saturated carbocycles. The van der Waals surface area contributed by atoms with E-state index in [2.05, 4.69) is 68.4 Å². The smallest absolute Gasteiger partial charge is 0.229 e. The highest BCUT2D eigenvalue weighted by Crippen LogP contribution is 2.33. The first-order chi connectivity index (χ1) is 11.7. The zero-order valence-corrected chi connectivity index (χ0v) is 14.9. The molecule has 1 N–H and O–H groups in total. The summed E-state index contributed by atoms with van der Waals surface area (Å²) in [5, 5.41) is 3.29. The van der Waals surface area contributed by atoms with E-state index in [1.54, 1.807) is 6.20 Å². The van der Waals surface area contributed by atoms with Crippen LogP contribution < -0.4 is 10.2 Å². The molecule has 2 aromatic carbocycles. The van der Waals surface area contributed by atoms with Crippen LogP contribution in [0.3, 0.4) is 0 Å². The molecular formula is C19H17BrN4. The Morgan fingerprint density at radius 2 is 2.00 bits per heavy atom. The van der Waals surface area contributed by atoms with Crippen molar-refractivity contribution < 1.29 is 0 Å². The lowest BCUT2D eigenvalue weighted by atomic mass is 10.2. The minimum absolute atomic E-state index is 0.610. The Morgan fingerprint density at radius 1 is 1.12 bits per heavy atom. The number of aromatic nitrogens is 2. The van der Waals surface area contributed by atoms with E-state index in [0.717, 1.165) is 28.9 Å². The maximum absolute atomic E-state index is 4.69. The molecular weight excluding hydrogens is 364 g/mol. The molecule has 3 aromatic rings. The number of benzene rings is 2. The summed E-state index contributed by atoms with van der Waals surface area (Å²) < 4.78 is 1.09. The average molecular weight is 381 g/mol. The fourth-order valence-electron chi connectivity index (χ4n) is 2.99. The second kappa shape index (κ2) is 6.24. The molecule has 0 saturated heterocycles. The van der Waals surface area contributed by atoms with E-state index < -0.39 is 0 Å². The van der Waals surface area contributed by atoms with E-state index in [1.165, 1.54) is 16.8 Å². The summed E-state index contributed by atoms with van der Waals surface area (Å²) in [5.41, 5.74) is 4.76. The Kier molecular flexibility index (Phi) is 3.94. The molecule has 4 rings (SSSR count). The molecule has 0 bridgehead atoms. The van der Waals surface area contributed by atoms with Crippen molar-refractivity contribution >= 4 is 39.1 Å². The Morgan fingerprint density at radius 3 is 2.88 bits per heavy atom. The molecule has 1 aliphatic rings. The molecule has 1 aliphatic heterocycles. The SMILES string of the molecule is Cc1cc(Nc2nccc(N3CCc4ccccc43)n2)ccc1Br. The normalized spacial score (nSPS) is 13.0. The van der Waals surface area contributed by atoms with Crippen LogP contribution >= 0.6 is 15.9 Å². The molecule has 0 amide bonds. The number of nitrogens with zero attached hydrogens (tertiary/aromatic N) is 3. The second-order valence-corrected chi connectivity index (χ2v) is 6.71. The van der Waals surface area contributed by atoms with Crippen LogP contribution in [0.2, 0.25) is 0 Å². The second-order valence-electron chi connectivity index (χ2n) is 5.86. The van der Waals surface area contributed by atoms with Gasteiger partial charge in [-0.05, 0) is 54.8 Å². The summed E-state index contributed by atoms with van der Waals surface area (Å²) in [6.07, 6.45) is 2.85. The fourth-order valence-corrected chi connectivity index (χ4v) is 3.23. The largest absolute Gasteiger partial charge is 0.326 e. The van der Waals surface area contributed by atoms with Crippen LogP contribution in [-0.4, -0.2) is 16.5 Å². The highest BCUT2D eigenvalue weighted by atomic mass is 79.9. The number of halogens is 1. The summed E-state index contributed by atoms with van der Waals surface area (Å²) in [5.74, 6) is 1.53. The molecule has 0 atom stereocenters. The van der Waals surface area contributed by atoms with Gasteiger partial charge in [0.2, 0.25) is 5.95 Å². The first kappa shape index (κ1) is 15.1.